The van der Waals surface area contributed by atoms with Gasteiger partial charge in [-0.25, -0.2) is 0 Å². The second kappa shape index (κ2) is 5.19. The Morgan fingerprint density at radius 3 is 2.74 bits per heavy atom. The van der Waals surface area contributed by atoms with E-state index < -0.39 is 11.9 Å². The zero-order valence-electron chi connectivity index (χ0n) is 13.1. The number of rotatable bonds is 5. The summed E-state index contributed by atoms with van der Waals surface area (Å²) >= 11 is 0. The molecule has 0 radical (unpaired) electrons. The van der Waals surface area contributed by atoms with E-state index in [4.69, 9.17) is 5.73 Å². The molecule has 3 amide bonds. The number of carbonyl (C=O) groups excluding carboxylic acids is 3. The van der Waals surface area contributed by atoms with E-state index in [0.29, 0.717) is 36.8 Å². The lowest BCUT2D eigenvalue weighted by molar-refractivity contribution is -0.131. The van der Waals surface area contributed by atoms with Gasteiger partial charge in [0.2, 0.25) is 17.7 Å². The van der Waals surface area contributed by atoms with Crippen LogP contribution in [0.2, 0.25) is 0 Å². The van der Waals surface area contributed by atoms with Crippen LogP contribution in [0.3, 0.4) is 0 Å². The van der Waals surface area contributed by atoms with Crippen LogP contribution in [-0.2, 0) is 14.4 Å². The quantitative estimate of drug-likeness (QED) is 0.521. The van der Waals surface area contributed by atoms with E-state index in [1.807, 2.05) is 0 Å². The maximum atomic E-state index is 12.6. The van der Waals surface area contributed by atoms with Crippen molar-refractivity contribution in [3.8, 4) is 0 Å². The summed E-state index contributed by atoms with van der Waals surface area (Å²) in [5, 5.41) is 8.94. The summed E-state index contributed by atoms with van der Waals surface area (Å²) in [5.41, 5.74) is 5.82. The molecule has 2 saturated heterocycles. The fourth-order valence-corrected chi connectivity index (χ4v) is 4.92. The molecular formula is C16H24N4O3. The van der Waals surface area contributed by atoms with E-state index >= 15 is 0 Å². The van der Waals surface area contributed by atoms with Crippen molar-refractivity contribution in [2.45, 2.75) is 56.7 Å². The van der Waals surface area contributed by atoms with Gasteiger partial charge < -0.3 is 21.7 Å². The number of fused-ring (bicyclic) bond motifs is 3. The first-order valence-electron chi connectivity index (χ1n) is 8.62. The molecule has 5 N–H and O–H groups in total. The first kappa shape index (κ1) is 14.9. The Bertz CT molecular complexity index is 560. The van der Waals surface area contributed by atoms with Crippen LogP contribution in [0.4, 0.5) is 0 Å². The molecule has 0 unspecified atom stereocenters. The lowest BCUT2D eigenvalue weighted by Crippen LogP contribution is -2.55. The summed E-state index contributed by atoms with van der Waals surface area (Å²) in [4.78, 5) is 36.0. The molecule has 0 aromatic heterocycles. The molecule has 4 rings (SSSR count). The summed E-state index contributed by atoms with van der Waals surface area (Å²) in [6.45, 7) is 0.624. The van der Waals surface area contributed by atoms with Crippen molar-refractivity contribution in [1.29, 1.82) is 0 Å². The van der Waals surface area contributed by atoms with Crippen molar-refractivity contribution in [2.75, 3.05) is 6.54 Å². The monoisotopic (exact) mass is 320 g/mol. The van der Waals surface area contributed by atoms with Gasteiger partial charge in [0, 0.05) is 18.5 Å². The van der Waals surface area contributed by atoms with Crippen LogP contribution in [-0.4, -0.2) is 42.4 Å². The van der Waals surface area contributed by atoms with Gasteiger partial charge in [0.15, 0.2) is 0 Å². The number of primary amides is 1. The number of amides is 3. The topological polar surface area (TPSA) is 113 Å². The Morgan fingerprint density at radius 1 is 1.39 bits per heavy atom. The van der Waals surface area contributed by atoms with Gasteiger partial charge in [-0.2, -0.15) is 0 Å². The molecule has 4 fully saturated rings. The third-order valence-corrected chi connectivity index (χ3v) is 6.31. The highest BCUT2D eigenvalue weighted by molar-refractivity contribution is 5.90. The fraction of sp³-hybridized carbons (Fsp3) is 0.812. The minimum atomic E-state index is -0.771. The summed E-state index contributed by atoms with van der Waals surface area (Å²) in [6.07, 6.45) is 5.67. The molecule has 5 atom stereocenters. The van der Waals surface area contributed by atoms with E-state index in [1.54, 1.807) is 0 Å². The number of hydrogen-bond donors (Lipinski definition) is 4. The maximum absolute atomic E-state index is 12.6. The lowest BCUT2D eigenvalue weighted by atomic mass is 9.85. The van der Waals surface area contributed by atoms with E-state index in [-0.39, 0.29) is 23.8 Å². The third kappa shape index (κ3) is 2.51. The predicted octanol–water partition coefficient (Wildman–Crippen LogP) is -0.987. The van der Waals surface area contributed by atoms with Crippen molar-refractivity contribution in [1.82, 2.24) is 16.0 Å². The Kier molecular flexibility index (Phi) is 3.37. The predicted molar refractivity (Wildman–Crippen MR) is 82.0 cm³/mol. The highest BCUT2D eigenvalue weighted by Gasteiger charge is 2.62. The molecule has 2 bridgehead atoms. The van der Waals surface area contributed by atoms with Gasteiger partial charge in [0.25, 0.3) is 0 Å². The fourth-order valence-electron chi connectivity index (χ4n) is 4.92. The number of carbonyl (C=O) groups is 3. The summed E-state index contributed by atoms with van der Waals surface area (Å²) in [6, 6.07) is -0.547. The van der Waals surface area contributed by atoms with Gasteiger partial charge in [-0.15, -0.1) is 0 Å². The highest BCUT2D eigenvalue weighted by atomic mass is 16.2. The average Bonchev–Trinajstić information content (AvgIpc) is 2.86. The third-order valence-electron chi connectivity index (χ3n) is 6.31. The van der Waals surface area contributed by atoms with Gasteiger partial charge >= 0.3 is 0 Å². The standard InChI is InChI=1S/C16H24N4O3/c17-13(21)11(5-8-1-4-18-14(8)22)20-15(23)12-10-6-9(19-12)7-16(10)2-3-16/h8-12,19H,1-7H2,(H2,17,21)(H,18,22)(H,20,23)/t8-,9-,10-,11-,12-/m0/s1. The number of nitrogens with two attached hydrogens (primary N) is 1. The normalized spacial score (nSPS) is 37.7. The van der Waals surface area contributed by atoms with Crippen molar-refractivity contribution in [2.24, 2.45) is 23.0 Å². The molecule has 4 aliphatic rings. The van der Waals surface area contributed by atoms with Crippen LogP contribution in [0, 0.1) is 17.3 Å². The maximum Gasteiger partial charge on any atom is 0.240 e. The van der Waals surface area contributed by atoms with Crippen molar-refractivity contribution in [3.05, 3.63) is 0 Å². The van der Waals surface area contributed by atoms with E-state index in [2.05, 4.69) is 16.0 Å². The second-order valence-corrected chi connectivity index (χ2v) is 7.73. The molecule has 7 heteroatoms. The molecule has 2 aliphatic carbocycles. The Labute approximate surface area is 135 Å². The summed E-state index contributed by atoms with van der Waals surface area (Å²) in [7, 11) is 0. The zero-order chi connectivity index (χ0) is 16.2. The van der Waals surface area contributed by atoms with Gasteiger partial charge in [0.1, 0.15) is 6.04 Å². The van der Waals surface area contributed by atoms with E-state index in [0.717, 1.165) is 6.42 Å². The molecular weight excluding hydrogens is 296 g/mol. The first-order chi connectivity index (χ1) is 11.0. The van der Waals surface area contributed by atoms with Crippen LogP contribution in [0.1, 0.15) is 38.5 Å². The van der Waals surface area contributed by atoms with Crippen LogP contribution in [0.15, 0.2) is 0 Å². The van der Waals surface area contributed by atoms with E-state index in [1.165, 1.54) is 19.3 Å². The zero-order valence-corrected chi connectivity index (χ0v) is 13.1. The number of piperidine rings is 1. The minimum Gasteiger partial charge on any atom is -0.368 e. The minimum absolute atomic E-state index is 0.0551. The molecule has 2 heterocycles. The molecule has 2 saturated carbocycles. The molecule has 0 aromatic rings. The van der Waals surface area contributed by atoms with Gasteiger partial charge in [-0.1, -0.05) is 0 Å². The van der Waals surface area contributed by atoms with Gasteiger partial charge in [0.05, 0.1) is 6.04 Å². The van der Waals surface area contributed by atoms with Crippen LogP contribution in [0.25, 0.3) is 0 Å². The van der Waals surface area contributed by atoms with Crippen molar-refractivity contribution in [3.63, 3.8) is 0 Å². The lowest BCUT2D eigenvalue weighted by Gasteiger charge is -2.30. The molecule has 7 nitrogen and oxygen atoms in total. The average molecular weight is 320 g/mol. The Morgan fingerprint density at radius 2 is 2.17 bits per heavy atom. The molecule has 0 aromatic carbocycles. The summed E-state index contributed by atoms with van der Waals surface area (Å²) in [5.74, 6) is -0.611. The van der Waals surface area contributed by atoms with Crippen LogP contribution >= 0.6 is 0 Å². The molecule has 2 aliphatic heterocycles. The van der Waals surface area contributed by atoms with Crippen LogP contribution in [0.5, 0.6) is 0 Å². The van der Waals surface area contributed by atoms with E-state index in [9.17, 15) is 14.4 Å². The SMILES string of the molecule is NC(=O)[C@H](C[C@@H]1CCNC1=O)NC(=O)[C@H]1N[C@H]2C[C@@H]1C1(CC1)C2. The van der Waals surface area contributed by atoms with Crippen LogP contribution < -0.4 is 21.7 Å². The number of hydrogen-bond acceptors (Lipinski definition) is 4. The molecule has 126 valence electrons. The second-order valence-electron chi connectivity index (χ2n) is 7.73. The van der Waals surface area contributed by atoms with Gasteiger partial charge in [-0.3, -0.25) is 14.4 Å². The highest BCUT2D eigenvalue weighted by Crippen LogP contribution is 2.64. The van der Waals surface area contributed by atoms with Gasteiger partial charge in [-0.05, 0) is 49.9 Å². The Hall–Kier alpha value is -1.63. The summed E-state index contributed by atoms with van der Waals surface area (Å²) < 4.78 is 0. The van der Waals surface area contributed by atoms with Crippen molar-refractivity contribution < 1.29 is 14.4 Å². The first-order valence-corrected chi connectivity index (χ1v) is 8.62. The molecule has 1 spiro atoms. The van der Waals surface area contributed by atoms with Crippen molar-refractivity contribution >= 4 is 17.7 Å². The largest absolute Gasteiger partial charge is 0.368 e. The number of nitrogens with one attached hydrogen (secondary N) is 3. The smallest absolute Gasteiger partial charge is 0.240 e. The Balaban J connectivity index is 1.40. The molecule has 23 heavy (non-hydrogen) atoms.